The van der Waals surface area contributed by atoms with Crippen molar-refractivity contribution >= 4 is 18.0 Å². The first-order chi connectivity index (χ1) is 15.9. The second kappa shape index (κ2) is 11.5. The first-order valence-corrected chi connectivity index (χ1v) is 11.4. The van der Waals surface area contributed by atoms with E-state index in [1.807, 2.05) is 31.2 Å². The molecule has 0 bridgehead atoms. The molecule has 0 saturated carbocycles. The largest absolute Gasteiger partial charge is 0.481 e. The molecule has 0 spiro atoms. The Balaban J connectivity index is 1.38. The fraction of sp³-hybridized carbons (Fsp3) is 0.423. The number of alkyl carbamates (subject to hydrolysis) is 1. The van der Waals surface area contributed by atoms with E-state index in [1.165, 1.54) is 11.1 Å². The smallest absolute Gasteiger partial charge is 0.407 e. The summed E-state index contributed by atoms with van der Waals surface area (Å²) in [4.78, 5) is 35.1. The van der Waals surface area contributed by atoms with Gasteiger partial charge in [0.05, 0.1) is 5.92 Å². The van der Waals surface area contributed by atoms with Gasteiger partial charge in [-0.25, -0.2) is 4.79 Å². The predicted molar refractivity (Wildman–Crippen MR) is 126 cm³/mol. The van der Waals surface area contributed by atoms with E-state index < -0.39 is 18.0 Å². The maximum absolute atomic E-state index is 12.3. The number of benzene rings is 2. The summed E-state index contributed by atoms with van der Waals surface area (Å²) >= 11 is 0. The number of fused-ring (bicyclic) bond motifs is 3. The first-order valence-electron chi connectivity index (χ1n) is 11.4. The molecule has 1 aliphatic carbocycles. The van der Waals surface area contributed by atoms with Crippen LogP contribution in [0.3, 0.4) is 0 Å². The predicted octanol–water partition coefficient (Wildman–Crippen LogP) is 4.17. The third kappa shape index (κ3) is 6.57. The van der Waals surface area contributed by atoms with Gasteiger partial charge in [0.15, 0.2) is 0 Å². The normalized spacial score (nSPS) is 14.0. The molecule has 0 aromatic heterocycles. The number of rotatable bonds is 11. The van der Waals surface area contributed by atoms with Crippen LogP contribution in [0.4, 0.5) is 4.79 Å². The minimum atomic E-state index is -0.825. The maximum Gasteiger partial charge on any atom is 0.407 e. The van der Waals surface area contributed by atoms with E-state index in [0.29, 0.717) is 25.9 Å². The monoisotopic (exact) mass is 452 g/mol. The summed E-state index contributed by atoms with van der Waals surface area (Å²) in [5.74, 6) is -1.39. The number of hydrogen-bond acceptors (Lipinski definition) is 4. The van der Waals surface area contributed by atoms with Crippen molar-refractivity contribution in [1.29, 1.82) is 0 Å². The summed E-state index contributed by atoms with van der Waals surface area (Å²) in [6, 6.07) is 16.4. The lowest BCUT2D eigenvalue weighted by molar-refractivity contribution is -0.141. The topological polar surface area (TPSA) is 105 Å². The minimum Gasteiger partial charge on any atom is -0.481 e. The van der Waals surface area contributed by atoms with Crippen molar-refractivity contribution in [1.82, 2.24) is 10.6 Å². The summed E-state index contributed by atoms with van der Waals surface area (Å²) in [7, 11) is 0. The Morgan fingerprint density at radius 2 is 1.58 bits per heavy atom. The van der Waals surface area contributed by atoms with Gasteiger partial charge >= 0.3 is 12.1 Å². The van der Waals surface area contributed by atoms with Gasteiger partial charge < -0.3 is 20.5 Å². The lowest BCUT2D eigenvalue weighted by atomic mass is 9.98. The summed E-state index contributed by atoms with van der Waals surface area (Å²) in [6.07, 6.45) is 0.921. The van der Waals surface area contributed by atoms with Gasteiger partial charge in [-0.15, -0.1) is 0 Å². The van der Waals surface area contributed by atoms with E-state index in [4.69, 9.17) is 9.84 Å². The van der Waals surface area contributed by atoms with Crippen LogP contribution in [0.15, 0.2) is 48.5 Å². The molecule has 7 heteroatoms. The fourth-order valence-electron chi connectivity index (χ4n) is 4.13. The molecule has 2 aromatic rings. The van der Waals surface area contributed by atoms with Crippen LogP contribution in [0.1, 0.15) is 50.2 Å². The molecule has 2 amide bonds. The molecule has 3 rings (SSSR count). The molecule has 7 nitrogen and oxygen atoms in total. The van der Waals surface area contributed by atoms with Gasteiger partial charge in [0.25, 0.3) is 0 Å². The number of carboxylic acid groups (broad SMARTS) is 1. The molecule has 2 atom stereocenters. The lowest BCUT2D eigenvalue weighted by Crippen LogP contribution is -2.33. The van der Waals surface area contributed by atoms with Crippen molar-refractivity contribution in [3.05, 3.63) is 59.7 Å². The van der Waals surface area contributed by atoms with Gasteiger partial charge in [0.2, 0.25) is 5.91 Å². The number of carbonyl (C=O) groups excluding carboxylic acids is 2. The highest BCUT2D eigenvalue weighted by Crippen LogP contribution is 2.44. The van der Waals surface area contributed by atoms with Crippen LogP contribution < -0.4 is 10.6 Å². The third-order valence-electron chi connectivity index (χ3n) is 6.03. The molecule has 0 aliphatic heterocycles. The molecule has 1 aliphatic rings. The number of nitrogens with one attached hydrogen (secondary N) is 2. The van der Waals surface area contributed by atoms with Crippen LogP contribution in [0.2, 0.25) is 0 Å². The van der Waals surface area contributed by atoms with Crippen molar-refractivity contribution in [2.45, 2.75) is 39.0 Å². The van der Waals surface area contributed by atoms with E-state index in [0.717, 1.165) is 11.1 Å². The average molecular weight is 453 g/mol. The van der Waals surface area contributed by atoms with E-state index in [1.54, 1.807) is 6.92 Å². The second-order valence-electron chi connectivity index (χ2n) is 8.75. The van der Waals surface area contributed by atoms with Gasteiger partial charge in [0, 0.05) is 25.4 Å². The van der Waals surface area contributed by atoms with Crippen LogP contribution in [0.5, 0.6) is 0 Å². The van der Waals surface area contributed by atoms with Crippen LogP contribution in [0, 0.1) is 11.8 Å². The number of hydrogen-bond donors (Lipinski definition) is 3. The number of aliphatic carboxylic acids is 1. The van der Waals surface area contributed by atoms with Crippen molar-refractivity contribution in [3.63, 3.8) is 0 Å². The van der Waals surface area contributed by atoms with E-state index >= 15 is 0 Å². The highest BCUT2D eigenvalue weighted by Gasteiger charge is 2.29. The zero-order chi connectivity index (χ0) is 23.8. The summed E-state index contributed by atoms with van der Waals surface area (Å²) in [6.45, 7) is 4.57. The molecular formula is C26H32N2O5. The molecule has 176 valence electrons. The number of amides is 2. The summed E-state index contributed by atoms with van der Waals surface area (Å²) in [5.41, 5.74) is 4.68. The SMILES string of the molecule is CC(CNC(=O)OCC1c2ccccc2-c2ccccc21)CC(=O)NCCCC(C)C(=O)O. The standard InChI is InChI=1S/C26H32N2O5/c1-17(14-24(29)27-13-7-8-18(2)25(30)31)15-28-26(32)33-16-23-21-11-5-3-9-19(21)20-10-4-6-12-22(20)23/h3-6,9-12,17-18,23H,7-8,13-16H2,1-2H3,(H,27,29)(H,28,32)(H,30,31). The van der Waals surface area contributed by atoms with Crippen molar-refractivity contribution < 1.29 is 24.2 Å². The van der Waals surface area contributed by atoms with E-state index in [9.17, 15) is 14.4 Å². The van der Waals surface area contributed by atoms with Crippen LogP contribution in [-0.2, 0) is 14.3 Å². The Morgan fingerprint density at radius 3 is 2.18 bits per heavy atom. The number of carboxylic acids is 1. The average Bonchev–Trinajstić information content (AvgIpc) is 3.12. The zero-order valence-corrected chi connectivity index (χ0v) is 19.2. The lowest BCUT2D eigenvalue weighted by Gasteiger charge is -2.16. The first kappa shape index (κ1) is 24.3. The molecule has 0 radical (unpaired) electrons. The second-order valence-corrected chi connectivity index (χ2v) is 8.75. The molecular weight excluding hydrogens is 420 g/mol. The van der Waals surface area contributed by atoms with Crippen molar-refractivity contribution in [2.75, 3.05) is 19.7 Å². The fourth-order valence-corrected chi connectivity index (χ4v) is 4.13. The highest BCUT2D eigenvalue weighted by atomic mass is 16.5. The molecule has 0 saturated heterocycles. The summed E-state index contributed by atoms with van der Waals surface area (Å²) in [5, 5.41) is 14.4. The zero-order valence-electron chi connectivity index (χ0n) is 19.2. The Bertz CT molecular complexity index is 945. The van der Waals surface area contributed by atoms with Crippen molar-refractivity contribution in [2.24, 2.45) is 11.8 Å². The molecule has 3 N–H and O–H groups in total. The Morgan fingerprint density at radius 1 is 0.970 bits per heavy atom. The van der Waals surface area contributed by atoms with Crippen LogP contribution in [-0.4, -0.2) is 42.8 Å². The quantitative estimate of drug-likeness (QED) is 0.444. The van der Waals surface area contributed by atoms with E-state index in [-0.39, 0.29) is 30.8 Å². The Kier molecular flexibility index (Phi) is 8.46. The number of carbonyl (C=O) groups is 3. The molecule has 33 heavy (non-hydrogen) atoms. The third-order valence-corrected chi connectivity index (χ3v) is 6.03. The van der Waals surface area contributed by atoms with Crippen molar-refractivity contribution in [3.8, 4) is 11.1 Å². The molecule has 0 heterocycles. The summed E-state index contributed by atoms with van der Waals surface area (Å²) < 4.78 is 5.52. The minimum absolute atomic E-state index is 0.00944. The molecule has 2 unspecified atom stereocenters. The van der Waals surface area contributed by atoms with Gasteiger partial charge in [-0.1, -0.05) is 62.4 Å². The number of ether oxygens (including phenoxy) is 1. The van der Waals surface area contributed by atoms with Crippen LogP contribution >= 0.6 is 0 Å². The molecule has 2 aromatic carbocycles. The molecule has 0 fully saturated rings. The highest BCUT2D eigenvalue weighted by molar-refractivity contribution is 5.79. The Labute approximate surface area is 194 Å². The van der Waals surface area contributed by atoms with Gasteiger partial charge in [-0.05, 0) is 41.0 Å². The van der Waals surface area contributed by atoms with E-state index in [2.05, 4.69) is 34.9 Å². The maximum atomic E-state index is 12.3. The van der Waals surface area contributed by atoms with Gasteiger partial charge in [-0.3, -0.25) is 9.59 Å². The van der Waals surface area contributed by atoms with Gasteiger partial charge in [-0.2, -0.15) is 0 Å². The van der Waals surface area contributed by atoms with Gasteiger partial charge in [0.1, 0.15) is 6.61 Å². The van der Waals surface area contributed by atoms with Crippen LogP contribution in [0.25, 0.3) is 11.1 Å². The Hall–Kier alpha value is -3.35.